The summed E-state index contributed by atoms with van der Waals surface area (Å²) in [7, 11) is 0. The Bertz CT molecular complexity index is 1030. The van der Waals surface area contributed by atoms with Gasteiger partial charge in [-0.2, -0.15) is 0 Å². The average Bonchev–Trinajstić information content (AvgIpc) is 2.87. The van der Waals surface area contributed by atoms with Crippen molar-refractivity contribution in [2.45, 2.75) is 90.0 Å². The van der Waals surface area contributed by atoms with Gasteiger partial charge in [-0.25, -0.2) is 5.73 Å². The number of nitrogens with one attached hydrogen (secondary N) is 2. The Kier molecular flexibility index (Phi) is 10.8. The molecule has 3 rings (SSSR count). The lowest BCUT2D eigenvalue weighted by Crippen LogP contribution is -2.27. The number of hydrogen-bond acceptors (Lipinski definition) is 1. The van der Waals surface area contributed by atoms with Crippen molar-refractivity contribution in [2.24, 2.45) is 0 Å². The largest absolute Gasteiger partial charge is 0.352 e. The molecule has 0 fully saturated rings. The summed E-state index contributed by atoms with van der Waals surface area (Å²) < 4.78 is 0. The van der Waals surface area contributed by atoms with Crippen molar-refractivity contribution in [3.05, 3.63) is 83.4 Å². The Morgan fingerprint density at radius 1 is 0.771 bits per heavy atom. The molecule has 3 aromatic rings. The molecule has 2 N–H and O–H groups in total. The molecule has 0 aliphatic heterocycles. The molecule has 0 saturated heterocycles. The highest BCUT2D eigenvalue weighted by molar-refractivity contribution is 5.94. The summed E-state index contributed by atoms with van der Waals surface area (Å²) in [5.41, 5.74) is 11.1. The highest BCUT2D eigenvalue weighted by Crippen LogP contribution is 2.31. The number of hydrogen-bond donors (Lipinski definition) is 1. The first-order chi connectivity index (χ1) is 17.0. The highest BCUT2D eigenvalue weighted by atomic mass is 16.1. The van der Waals surface area contributed by atoms with Gasteiger partial charge in [-0.3, -0.25) is 4.79 Å². The van der Waals surface area contributed by atoms with Crippen molar-refractivity contribution < 1.29 is 4.79 Å². The molecular formula is C32H43N2O. The zero-order valence-electron chi connectivity index (χ0n) is 21.7. The molecule has 1 amide bonds. The van der Waals surface area contributed by atoms with Crippen molar-refractivity contribution in [1.29, 1.82) is 0 Å². The number of amides is 1. The van der Waals surface area contributed by atoms with Gasteiger partial charge >= 0.3 is 0 Å². The maximum Gasteiger partial charge on any atom is 0.251 e. The van der Waals surface area contributed by atoms with E-state index < -0.39 is 5.54 Å². The van der Waals surface area contributed by atoms with Gasteiger partial charge in [0, 0.05) is 12.1 Å². The zero-order valence-corrected chi connectivity index (χ0v) is 21.7. The number of unbranched alkanes of at least 4 members (excludes halogenated alkanes) is 9. The second-order valence-electron chi connectivity index (χ2n) is 10.2. The molecule has 187 valence electrons. The zero-order chi connectivity index (χ0) is 24.9. The molecular weight excluding hydrogens is 428 g/mol. The van der Waals surface area contributed by atoms with Crippen LogP contribution in [0.25, 0.3) is 10.8 Å². The first-order valence-corrected chi connectivity index (χ1v) is 13.6. The third kappa shape index (κ3) is 8.50. The van der Waals surface area contributed by atoms with Crippen LogP contribution in [0.3, 0.4) is 0 Å². The summed E-state index contributed by atoms with van der Waals surface area (Å²) in [4.78, 5) is 12.5. The van der Waals surface area contributed by atoms with E-state index in [1.165, 1.54) is 57.8 Å². The van der Waals surface area contributed by atoms with Crippen molar-refractivity contribution in [3.8, 4) is 0 Å². The van der Waals surface area contributed by atoms with Crippen molar-refractivity contribution in [2.75, 3.05) is 6.54 Å². The van der Waals surface area contributed by atoms with Crippen LogP contribution < -0.4 is 11.1 Å². The molecule has 0 aliphatic rings. The maximum absolute atomic E-state index is 12.5. The van der Waals surface area contributed by atoms with E-state index in [1.807, 2.05) is 49.4 Å². The Balaban J connectivity index is 1.40. The number of rotatable bonds is 15. The van der Waals surface area contributed by atoms with E-state index in [9.17, 15) is 4.79 Å². The monoisotopic (exact) mass is 471 g/mol. The van der Waals surface area contributed by atoms with E-state index in [-0.39, 0.29) is 5.91 Å². The van der Waals surface area contributed by atoms with Crippen LogP contribution in [-0.2, 0) is 12.0 Å². The molecule has 0 aliphatic carbocycles. The van der Waals surface area contributed by atoms with Crippen LogP contribution in [0.4, 0.5) is 0 Å². The van der Waals surface area contributed by atoms with Crippen LogP contribution in [0, 0.1) is 0 Å². The Morgan fingerprint density at radius 2 is 1.37 bits per heavy atom. The first kappa shape index (κ1) is 26.9. The quantitative estimate of drug-likeness (QED) is 0.223. The molecule has 0 spiro atoms. The molecule has 1 atom stereocenters. The SMILES string of the molecule is CCCCCCCCCCCCNC(=O)c1ccc(CC(C)([NH])c2cccc3ccccc23)cc1. The summed E-state index contributed by atoms with van der Waals surface area (Å²) in [6.45, 7) is 4.97. The molecule has 3 aromatic carbocycles. The fourth-order valence-corrected chi connectivity index (χ4v) is 4.90. The van der Waals surface area contributed by atoms with Crippen LogP contribution in [0.2, 0.25) is 0 Å². The van der Waals surface area contributed by atoms with Crippen molar-refractivity contribution >= 4 is 16.7 Å². The summed E-state index contributed by atoms with van der Waals surface area (Å²) in [6.07, 6.45) is 13.6. The summed E-state index contributed by atoms with van der Waals surface area (Å²) >= 11 is 0. The minimum atomic E-state index is -0.750. The highest BCUT2D eigenvalue weighted by Gasteiger charge is 2.24. The van der Waals surface area contributed by atoms with Gasteiger partial charge in [0.2, 0.25) is 0 Å². The van der Waals surface area contributed by atoms with Gasteiger partial charge in [0.1, 0.15) is 0 Å². The van der Waals surface area contributed by atoms with Crippen LogP contribution in [0.15, 0.2) is 66.7 Å². The second-order valence-corrected chi connectivity index (χ2v) is 10.2. The second kappa shape index (κ2) is 14.0. The first-order valence-electron chi connectivity index (χ1n) is 13.6. The lowest BCUT2D eigenvalue weighted by atomic mass is 9.83. The Labute approximate surface area is 212 Å². The predicted octanol–water partition coefficient (Wildman–Crippen LogP) is 8.23. The number of carbonyl (C=O) groups excluding carboxylic acids is 1. The molecule has 0 aromatic heterocycles. The minimum Gasteiger partial charge on any atom is -0.352 e. The fourth-order valence-electron chi connectivity index (χ4n) is 4.90. The van der Waals surface area contributed by atoms with Gasteiger partial charge in [-0.15, -0.1) is 0 Å². The minimum absolute atomic E-state index is 0.00448. The molecule has 0 heterocycles. The van der Waals surface area contributed by atoms with E-state index in [4.69, 9.17) is 5.73 Å². The Morgan fingerprint density at radius 3 is 2.06 bits per heavy atom. The van der Waals surface area contributed by atoms with E-state index in [1.54, 1.807) is 0 Å². The van der Waals surface area contributed by atoms with Crippen LogP contribution in [0.1, 0.15) is 99.5 Å². The average molecular weight is 472 g/mol. The topological polar surface area (TPSA) is 52.9 Å². The third-order valence-electron chi connectivity index (χ3n) is 6.97. The molecule has 3 heteroatoms. The van der Waals surface area contributed by atoms with Gasteiger partial charge in [0.15, 0.2) is 0 Å². The lowest BCUT2D eigenvalue weighted by Gasteiger charge is -2.26. The number of benzene rings is 3. The predicted molar refractivity (Wildman–Crippen MR) is 149 cm³/mol. The normalized spacial score (nSPS) is 13.0. The third-order valence-corrected chi connectivity index (χ3v) is 6.97. The summed E-state index contributed by atoms with van der Waals surface area (Å²) in [6, 6.07) is 22.2. The van der Waals surface area contributed by atoms with E-state index in [0.717, 1.165) is 34.9 Å². The molecule has 0 saturated carbocycles. The lowest BCUT2D eigenvalue weighted by molar-refractivity contribution is 0.0953. The molecule has 1 unspecified atom stereocenters. The Hall–Kier alpha value is -2.65. The molecule has 3 nitrogen and oxygen atoms in total. The van der Waals surface area contributed by atoms with Crippen LogP contribution in [-0.4, -0.2) is 12.5 Å². The van der Waals surface area contributed by atoms with Gasteiger partial charge in [0.25, 0.3) is 5.91 Å². The maximum atomic E-state index is 12.5. The number of fused-ring (bicyclic) bond motifs is 1. The van der Waals surface area contributed by atoms with E-state index >= 15 is 0 Å². The van der Waals surface area contributed by atoms with E-state index in [2.05, 4.69) is 36.5 Å². The molecule has 0 bridgehead atoms. The van der Waals surface area contributed by atoms with Crippen LogP contribution in [0.5, 0.6) is 0 Å². The smallest absolute Gasteiger partial charge is 0.251 e. The van der Waals surface area contributed by atoms with Crippen molar-refractivity contribution in [1.82, 2.24) is 11.1 Å². The molecule has 1 radical (unpaired) electrons. The standard InChI is InChI=1S/C32H43N2O/c1-3-4-5-6-7-8-9-10-11-14-24-34-31(35)28-22-20-26(21-23-28)25-32(2,33)30-19-15-17-27-16-12-13-18-29(27)30/h12-13,15-23,33H,3-11,14,24-25H2,1-2H3,(H,34,35). The fraction of sp³-hybridized carbons (Fsp3) is 0.469. The van der Waals surface area contributed by atoms with Gasteiger partial charge in [-0.05, 0) is 53.8 Å². The van der Waals surface area contributed by atoms with Crippen molar-refractivity contribution in [3.63, 3.8) is 0 Å². The number of carbonyl (C=O) groups is 1. The summed E-state index contributed by atoms with van der Waals surface area (Å²) in [5.74, 6) is -0.00448. The van der Waals surface area contributed by atoms with Gasteiger partial charge in [-0.1, -0.05) is 119 Å². The van der Waals surface area contributed by atoms with Gasteiger partial charge in [0.05, 0.1) is 5.54 Å². The summed E-state index contributed by atoms with van der Waals surface area (Å²) in [5, 5.41) is 5.36. The van der Waals surface area contributed by atoms with Gasteiger partial charge < -0.3 is 5.32 Å². The van der Waals surface area contributed by atoms with Crippen LogP contribution >= 0.6 is 0 Å². The van der Waals surface area contributed by atoms with E-state index in [0.29, 0.717) is 12.0 Å². The molecule has 35 heavy (non-hydrogen) atoms.